The van der Waals surface area contributed by atoms with E-state index in [0.29, 0.717) is 6.04 Å². The van der Waals surface area contributed by atoms with Crippen molar-refractivity contribution in [3.63, 3.8) is 0 Å². The number of fused-ring (bicyclic) bond motifs is 1. The molecule has 1 fully saturated rings. The van der Waals surface area contributed by atoms with Crippen LogP contribution in [0.5, 0.6) is 0 Å². The summed E-state index contributed by atoms with van der Waals surface area (Å²) in [6.45, 7) is 9.67. The van der Waals surface area contributed by atoms with Gasteiger partial charge < -0.3 is 10.2 Å². The Balaban J connectivity index is 1.72. The Bertz CT molecular complexity index is 455. The molecule has 1 N–H and O–H groups in total. The molecule has 1 saturated heterocycles. The zero-order chi connectivity index (χ0) is 13.9. The predicted octanol–water partition coefficient (Wildman–Crippen LogP) is 2.00. The van der Waals surface area contributed by atoms with E-state index in [1.165, 1.54) is 24.1 Å². The van der Waals surface area contributed by atoms with Crippen LogP contribution in [0, 0.1) is 5.82 Å². The number of hydrogen-bond donors (Lipinski definition) is 1. The molecule has 2 aliphatic heterocycles. The standard InChI is InChI=1S/C16H24FN3/c1-2-5-19-6-8-20(9-7-19)16-12-18-11-13-3-4-14(17)10-15(13)16/h3-4,10,16,18H,2,5-9,11-12H2,1H3/t16-/m1/s1. The van der Waals surface area contributed by atoms with Crippen LogP contribution in [0.25, 0.3) is 0 Å². The minimum Gasteiger partial charge on any atom is -0.311 e. The van der Waals surface area contributed by atoms with E-state index < -0.39 is 0 Å². The highest BCUT2D eigenvalue weighted by atomic mass is 19.1. The Kier molecular flexibility index (Phi) is 4.34. The number of nitrogens with zero attached hydrogens (tertiary/aromatic N) is 2. The van der Waals surface area contributed by atoms with Crippen LogP contribution in [0.3, 0.4) is 0 Å². The van der Waals surface area contributed by atoms with Crippen molar-refractivity contribution >= 4 is 0 Å². The number of hydrogen-bond acceptors (Lipinski definition) is 3. The lowest BCUT2D eigenvalue weighted by Crippen LogP contribution is -2.50. The second-order valence-corrected chi connectivity index (χ2v) is 5.87. The van der Waals surface area contributed by atoms with Gasteiger partial charge in [0.25, 0.3) is 0 Å². The van der Waals surface area contributed by atoms with Crippen LogP contribution >= 0.6 is 0 Å². The van der Waals surface area contributed by atoms with E-state index in [2.05, 4.69) is 22.0 Å². The fraction of sp³-hybridized carbons (Fsp3) is 0.625. The van der Waals surface area contributed by atoms with Crippen molar-refractivity contribution in [2.75, 3.05) is 39.3 Å². The van der Waals surface area contributed by atoms with Crippen LogP contribution in [0.4, 0.5) is 4.39 Å². The number of halogens is 1. The number of piperazine rings is 1. The van der Waals surface area contributed by atoms with Crippen LogP contribution in [0.2, 0.25) is 0 Å². The van der Waals surface area contributed by atoms with Gasteiger partial charge in [-0.3, -0.25) is 4.90 Å². The largest absolute Gasteiger partial charge is 0.311 e. The van der Waals surface area contributed by atoms with Gasteiger partial charge in [-0.15, -0.1) is 0 Å². The molecule has 3 rings (SSSR count). The zero-order valence-electron chi connectivity index (χ0n) is 12.2. The fourth-order valence-electron chi connectivity index (χ4n) is 3.43. The van der Waals surface area contributed by atoms with Crippen molar-refractivity contribution in [2.45, 2.75) is 25.9 Å². The van der Waals surface area contributed by atoms with Crippen molar-refractivity contribution in [3.8, 4) is 0 Å². The molecule has 0 unspecified atom stereocenters. The van der Waals surface area contributed by atoms with Crippen LogP contribution in [-0.2, 0) is 6.54 Å². The van der Waals surface area contributed by atoms with Gasteiger partial charge in [0.1, 0.15) is 5.82 Å². The fourth-order valence-corrected chi connectivity index (χ4v) is 3.43. The van der Waals surface area contributed by atoms with Gasteiger partial charge >= 0.3 is 0 Å². The highest BCUT2D eigenvalue weighted by Crippen LogP contribution is 2.28. The smallest absolute Gasteiger partial charge is 0.123 e. The highest BCUT2D eigenvalue weighted by molar-refractivity contribution is 5.33. The molecule has 1 aromatic carbocycles. The maximum atomic E-state index is 13.6. The molecule has 0 radical (unpaired) electrons. The average molecular weight is 277 g/mol. The van der Waals surface area contributed by atoms with Crippen molar-refractivity contribution in [1.82, 2.24) is 15.1 Å². The minimum absolute atomic E-state index is 0.111. The molecule has 0 aliphatic carbocycles. The third-order valence-electron chi connectivity index (χ3n) is 4.51. The van der Waals surface area contributed by atoms with E-state index in [-0.39, 0.29) is 5.82 Å². The van der Waals surface area contributed by atoms with Gasteiger partial charge in [-0.25, -0.2) is 4.39 Å². The summed E-state index contributed by atoms with van der Waals surface area (Å²) in [6.07, 6.45) is 1.22. The Morgan fingerprint density at radius 3 is 2.80 bits per heavy atom. The van der Waals surface area contributed by atoms with Crippen LogP contribution in [0.15, 0.2) is 18.2 Å². The normalized spacial score (nSPS) is 24.6. The molecule has 2 heterocycles. The van der Waals surface area contributed by atoms with Crippen molar-refractivity contribution in [2.24, 2.45) is 0 Å². The highest BCUT2D eigenvalue weighted by Gasteiger charge is 2.28. The molecule has 0 spiro atoms. The molecular formula is C16H24FN3. The van der Waals surface area contributed by atoms with E-state index in [1.54, 1.807) is 12.1 Å². The molecule has 0 aromatic heterocycles. The van der Waals surface area contributed by atoms with Crippen molar-refractivity contribution < 1.29 is 4.39 Å². The van der Waals surface area contributed by atoms with Crippen molar-refractivity contribution in [1.29, 1.82) is 0 Å². The summed E-state index contributed by atoms with van der Waals surface area (Å²) < 4.78 is 13.6. The van der Waals surface area contributed by atoms with Gasteiger partial charge in [0.15, 0.2) is 0 Å². The molecule has 0 bridgehead atoms. The average Bonchev–Trinajstić information content (AvgIpc) is 2.48. The summed E-state index contributed by atoms with van der Waals surface area (Å²) in [5, 5.41) is 3.47. The number of rotatable bonds is 3. The second-order valence-electron chi connectivity index (χ2n) is 5.87. The summed E-state index contributed by atoms with van der Waals surface area (Å²) in [6, 6.07) is 5.57. The third kappa shape index (κ3) is 2.87. The SMILES string of the molecule is CCCN1CCN([C@@H]2CNCc3ccc(F)cc32)CC1. The van der Waals surface area contributed by atoms with Crippen LogP contribution in [-0.4, -0.2) is 49.1 Å². The molecule has 0 amide bonds. The summed E-state index contributed by atoms with van der Waals surface area (Å²) in [5.74, 6) is -0.111. The second kappa shape index (κ2) is 6.20. The van der Waals surface area contributed by atoms with Gasteiger partial charge in [0.2, 0.25) is 0 Å². The zero-order valence-corrected chi connectivity index (χ0v) is 12.2. The predicted molar refractivity (Wildman–Crippen MR) is 79.2 cm³/mol. The Hall–Kier alpha value is -0.970. The van der Waals surface area contributed by atoms with E-state index in [9.17, 15) is 4.39 Å². The van der Waals surface area contributed by atoms with Gasteiger partial charge in [0, 0.05) is 45.3 Å². The molecule has 3 nitrogen and oxygen atoms in total. The maximum Gasteiger partial charge on any atom is 0.123 e. The van der Waals surface area contributed by atoms with E-state index in [0.717, 1.165) is 39.3 Å². The van der Waals surface area contributed by atoms with Crippen molar-refractivity contribution in [3.05, 3.63) is 35.1 Å². The summed E-state index contributed by atoms with van der Waals surface area (Å²) in [5.41, 5.74) is 2.44. The lowest BCUT2D eigenvalue weighted by molar-refractivity contribution is 0.0917. The quantitative estimate of drug-likeness (QED) is 0.911. The molecule has 110 valence electrons. The molecule has 20 heavy (non-hydrogen) atoms. The summed E-state index contributed by atoms with van der Waals surface area (Å²) in [7, 11) is 0. The first-order chi connectivity index (χ1) is 9.78. The van der Waals surface area contributed by atoms with E-state index in [4.69, 9.17) is 0 Å². The van der Waals surface area contributed by atoms with Gasteiger partial charge in [-0.1, -0.05) is 13.0 Å². The maximum absolute atomic E-state index is 13.6. The number of nitrogens with one attached hydrogen (secondary N) is 1. The molecule has 0 saturated carbocycles. The molecule has 2 aliphatic rings. The van der Waals surface area contributed by atoms with Crippen LogP contribution in [0.1, 0.15) is 30.5 Å². The van der Waals surface area contributed by atoms with Gasteiger partial charge in [0.05, 0.1) is 0 Å². The van der Waals surface area contributed by atoms with E-state index in [1.807, 2.05) is 6.07 Å². The topological polar surface area (TPSA) is 18.5 Å². The Morgan fingerprint density at radius 2 is 2.05 bits per heavy atom. The number of benzene rings is 1. The van der Waals surface area contributed by atoms with Crippen LogP contribution < -0.4 is 5.32 Å². The lowest BCUT2D eigenvalue weighted by atomic mass is 9.95. The summed E-state index contributed by atoms with van der Waals surface area (Å²) >= 11 is 0. The monoisotopic (exact) mass is 277 g/mol. The summed E-state index contributed by atoms with van der Waals surface area (Å²) in [4.78, 5) is 5.04. The molecule has 4 heteroatoms. The Morgan fingerprint density at radius 1 is 1.25 bits per heavy atom. The van der Waals surface area contributed by atoms with E-state index >= 15 is 0 Å². The first-order valence-corrected chi connectivity index (χ1v) is 7.73. The third-order valence-corrected chi connectivity index (χ3v) is 4.51. The Labute approximate surface area is 120 Å². The molecular weight excluding hydrogens is 253 g/mol. The first kappa shape index (κ1) is 14.0. The van der Waals surface area contributed by atoms with Gasteiger partial charge in [-0.05, 0) is 36.2 Å². The lowest BCUT2D eigenvalue weighted by Gasteiger charge is -2.41. The molecule has 1 aromatic rings. The molecule has 1 atom stereocenters. The first-order valence-electron chi connectivity index (χ1n) is 7.73. The van der Waals surface area contributed by atoms with Gasteiger partial charge in [-0.2, -0.15) is 0 Å². The minimum atomic E-state index is -0.111.